The second kappa shape index (κ2) is 6.93. The number of nitrogens with one attached hydrogen (secondary N) is 1. The van der Waals surface area contributed by atoms with Crippen LogP contribution in [0.3, 0.4) is 0 Å². The molecule has 0 heterocycles. The van der Waals surface area contributed by atoms with E-state index in [1.807, 2.05) is 6.92 Å². The molecule has 0 aliphatic heterocycles. The van der Waals surface area contributed by atoms with Crippen LogP contribution in [0.4, 0.5) is 5.69 Å². The van der Waals surface area contributed by atoms with Crippen LogP contribution >= 0.6 is 0 Å². The van der Waals surface area contributed by atoms with Gasteiger partial charge in [0.25, 0.3) is 5.91 Å². The van der Waals surface area contributed by atoms with Crippen LogP contribution in [0.15, 0.2) is 23.1 Å². The Balaban J connectivity index is 2.86. The molecule has 6 heteroatoms. The standard InChI is InChI=1S/C15H24N2O3S/c1-10(2)5-6-11(3)17-15(18)12-7-13(16)9-14(8-12)21(4,19)20/h7-11H,5-6,16H2,1-4H3,(H,17,18). The van der Waals surface area contributed by atoms with Gasteiger partial charge in [0.2, 0.25) is 0 Å². The van der Waals surface area contributed by atoms with E-state index >= 15 is 0 Å². The monoisotopic (exact) mass is 312 g/mol. The summed E-state index contributed by atoms with van der Waals surface area (Å²) in [4.78, 5) is 12.2. The number of sulfone groups is 1. The Kier molecular flexibility index (Phi) is 5.78. The summed E-state index contributed by atoms with van der Waals surface area (Å²) in [6.07, 6.45) is 2.99. The van der Waals surface area contributed by atoms with Gasteiger partial charge in [-0.05, 0) is 43.9 Å². The molecule has 1 unspecified atom stereocenters. The number of carbonyl (C=O) groups is 1. The number of carbonyl (C=O) groups excluding carboxylic acids is 1. The van der Waals surface area contributed by atoms with Crippen LogP contribution in [0.25, 0.3) is 0 Å². The Labute approximate surface area is 126 Å². The van der Waals surface area contributed by atoms with E-state index < -0.39 is 9.84 Å². The topological polar surface area (TPSA) is 89.3 Å². The summed E-state index contributed by atoms with van der Waals surface area (Å²) >= 11 is 0. The maximum absolute atomic E-state index is 12.2. The number of benzene rings is 1. The number of amides is 1. The van der Waals surface area contributed by atoms with Crippen molar-refractivity contribution in [2.24, 2.45) is 5.92 Å². The number of rotatable bonds is 6. The highest BCUT2D eigenvalue weighted by Gasteiger charge is 2.15. The largest absolute Gasteiger partial charge is 0.399 e. The minimum atomic E-state index is -3.39. The number of anilines is 1. The lowest BCUT2D eigenvalue weighted by atomic mass is 10.0. The predicted octanol–water partition coefficient (Wildman–Crippen LogP) is 2.23. The number of nitrogen functional groups attached to an aromatic ring is 1. The second-order valence-electron chi connectivity index (χ2n) is 5.91. The van der Waals surface area contributed by atoms with Gasteiger partial charge in [0.15, 0.2) is 9.84 Å². The summed E-state index contributed by atoms with van der Waals surface area (Å²) in [5.41, 5.74) is 6.21. The molecule has 0 bridgehead atoms. The lowest BCUT2D eigenvalue weighted by Crippen LogP contribution is -2.32. The average molecular weight is 312 g/mol. The fourth-order valence-corrected chi connectivity index (χ4v) is 2.62. The lowest BCUT2D eigenvalue weighted by Gasteiger charge is -2.15. The van der Waals surface area contributed by atoms with Crippen molar-refractivity contribution in [1.29, 1.82) is 0 Å². The van der Waals surface area contributed by atoms with Crippen molar-refractivity contribution >= 4 is 21.4 Å². The van der Waals surface area contributed by atoms with Crippen molar-refractivity contribution in [3.8, 4) is 0 Å². The number of hydrogen-bond acceptors (Lipinski definition) is 4. The van der Waals surface area contributed by atoms with Crippen molar-refractivity contribution in [2.75, 3.05) is 12.0 Å². The quantitative estimate of drug-likeness (QED) is 0.788. The summed E-state index contributed by atoms with van der Waals surface area (Å²) in [5.74, 6) is 0.275. The Bertz CT molecular complexity index is 609. The van der Waals surface area contributed by atoms with Crippen LogP contribution in [0.5, 0.6) is 0 Å². The van der Waals surface area contributed by atoms with Gasteiger partial charge in [0.05, 0.1) is 4.90 Å². The Morgan fingerprint density at radius 2 is 1.81 bits per heavy atom. The summed E-state index contributed by atoms with van der Waals surface area (Å²) in [6, 6.07) is 4.23. The fourth-order valence-electron chi connectivity index (χ4n) is 1.93. The van der Waals surface area contributed by atoms with Crippen LogP contribution in [-0.4, -0.2) is 26.6 Å². The summed E-state index contributed by atoms with van der Waals surface area (Å²) in [7, 11) is -3.39. The Morgan fingerprint density at radius 3 is 2.33 bits per heavy atom. The summed E-state index contributed by atoms with van der Waals surface area (Å²) in [6.45, 7) is 6.19. The highest BCUT2D eigenvalue weighted by molar-refractivity contribution is 7.90. The fraction of sp³-hybridized carbons (Fsp3) is 0.533. The minimum absolute atomic E-state index is 0.0306. The zero-order valence-corrected chi connectivity index (χ0v) is 13.8. The van der Waals surface area contributed by atoms with Gasteiger partial charge < -0.3 is 11.1 Å². The van der Waals surface area contributed by atoms with Crippen molar-refractivity contribution < 1.29 is 13.2 Å². The first-order valence-electron chi connectivity index (χ1n) is 7.01. The molecule has 21 heavy (non-hydrogen) atoms. The SMILES string of the molecule is CC(C)CCC(C)NC(=O)c1cc(N)cc(S(C)(=O)=O)c1. The average Bonchev–Trinajstić information content (AvgIpc) is 2.34. The maximum atomic E-state index is 12.2. The van der Waals surface area contributed by atoms with Crippen molar-refractivity contribution in [1.82, 2.24) is 5.32 Å². The van der Waals surface area contributed by atoms with Crippen LogP contribution in [-0.2, 0) is 9.84 Å². The van der Waals surface area contributed by atoms with Crippen LogP contribution in [0, 0.1) is 5.92 Å². The molecule has 0 aromatic heterocycles. The van der Waals surface area contributed by atoms with Crippen molar-refractivity contribution in [3.05, 3.63) is 23.8 Å². The van der Waals surface area contributed by atoms with E-state index in [9.17, 15) is 13.2 Å². The number of nitrogens with two attached hydrogens (primary N) is 1. The van der Waals surface area contributed by atoms with Crippen LogP contribution in [0.2, 0.25) is 0 Å². The molecule has 0 spiro atoms. The third kappa shape index (κ3) is 5.75. The molecule has 1 aromatic carbocycles. The third-order valence-electron chi connectivity index (χ3n) is 3.17. The van der Waals surface area contributed by atoms with Crippen LogP contribution < -0.4 is 11.1 Å². The molecule has 0 fully saturated rings. The lowest BCUT2D eigenvalue weighted by molar-refractivity contribution is 0.0937. The first-order valence-corrected chi connectivity index (χ1v) is 8.90. The molecular weight excluding hydrogens is 288 g/mol. The molecule has 1 rings (SSSR count). The molecule has 3 N–H and O–H groups in total. The highest BCUT2D eigenvalue weighted by atomic mass is 32.2. The first kappa shape index (κ1) is 17.5. The van der Waals surface area contributed by atoms with E-state index in [2.05, 4.69) is 19.2 Å². The van der Waals surface area contributed by atoms with Gasteiger partial charge in [-0.3, -0.25) is 4.79 Å². The number of hydrogen-bond donors (Lipinski definition) is 2. The third-order valence-corrected chi connectivity index (χ3v) is 4.27. The second-order valence-corrected chi connectivity index (χ2v) is 7.92. The molecule has 0 aliphatic rings. The maximum Gasteiger partial charge on any atom is 0.251 e. The molecule has 1 atom stereocenters. The molecule has 118 valence electrons. The molecule has 0 saturated heterocycles. The molecular formula is C15H24N2O3S. The minimum Gasteiger partial charge on any atom is -0.399 e. The summed E-state index contributed by atoms with van der Waals surface area (Å²) < 4.78 is 23.1. The first-order chi connectivity index (χ1) is 9.59. The van der Waals surface area contributed by atoms with Gasteiger partial charge in [-0.2, -0.15) is 0 Å². The van der Waals surface area contributed by atoms with Crippen molar-refractivity contribution in [3.63, 3.8) is 0 Å². The zero-order valence-electron chi connectivity index (χ0n) is 13.0. The Morgan fingerprint density at radius 1 is 1.19 bits per heavy atom. The molecule has 0 aliphatic carbocycles. The van der Waals surface area contributed by atoms with Gasteiger partial charge >= 0.3 is 0 Å². The molecule has 1 aromatic rings. The molecule has 0 saturated carbocycles. The van der Waals surface area contributed by atoms with E-state index in [1.165, 1.54) is 18.2 Å². The van der Waals surface area contributed by atoms with Crippen LogP contribution in [0.1, 0.15) is 44.0 Å². The van der Waals surface area contributed by atoms with Gasteiger partial charge in [0.1, 0.15) is 0 Å². The van der Waals surface area contributed by atoms with E-state index in [0.717, 1.165) is 19.1 Å². The van der Waals surface area contributed by atoms with Gasteiger partial charge in [0, 0.05) is 23.5 Å². The van der Waals surface area contributed by atoms with E-state index in [0.29, 0.717) is 5.92 Å². The smallest absolute Gasteiger partial charge is 0.251 e. The van der Waals surface area contributed by atoms with Gasteiger partial charge in [-0.25, -0.2) is 8.42 Å². The predicted molar refractivity (Wildman–Crippen MR) is 85.0 cm³/mol. The molecule has 5 nitrogen and oxygen atoms in total. The van der Waals surface area contributed by atoms with Gasteiger partial charge in [-0.1, -0.05) is 13.8 Å². The highest BCUT2D eigenvalue weighted by Crippen LogP contribution is 2.17. The molecule has 0 radical (unpaired) electrons. The molecule has 1 amide bonds. The Hall–Kier alpha value is -1.56. The van der Waals surface area contributed by atoms with Gasteiger partial charge in [-0.15, -0.1) is 0 Å². The van der Waals surface area contributed by atoms with E-state index in [-0.39, 0.29) is 28.1 Å². The normalized spacial score (nSPS) is 13.2. The zero-order chi connectivity index (χ0) is 16.2. The summed E-state index contributed by atoms with van der Waals surface area (Å²) in [5, 5.41) is 2.87. The van der Waals surface area contributed by atoms with E-state index in [4.69, 9.17) is 5.73 Å². The van der Waals surface area contributed by atoms with Crippen molar-refractivity contribution in [2.45, 2.75) is 44.6 Å². The van der Waals surface area contributed by atoms with E-state index in [1.54, 1.807) is 0 Å².